The number of ether oxygens (including phenoxy) is 1. The molecule has 0 amide bonds. The van der Waals surface area contributed by atoms with Crippen molar-refractivity contribution >= 4 is 5.97 Å². The second-order valence-electron chi connectivity index (χ2n) is 4.50. The summed E-state index contributed by atoms with van der Waals surface area (Å²) in [5.41, 5.74) is 0. The Morgan fingerprint density at radius 3 is 2.43 bits per heavy atom. The molecule has 1 aliphatic carbocycles. The average Bonchev–Trinajstić information content (AvgIpc) is 2.49. The number of hydrogen-bond acceptors (Lipinski definition) is 2. The Hall–Kier alpha value is -0.570. The SMILES string of the molecule is O=C(O)CC(C1CCCC1)C1CCO1. The number of carboxylic acid groups (broad SMARTS) is 1. The molecule has 1 aliphatic heterocycles. The minimum atomic E-state index is -0.669. The van der Waals surface area contributed by atoms with Gasteiger partial charge in [0.15, 0.2) is 0 Å². The first-order chi connectivity index (χ1) is 6.77. The summed E-state index contributed by atoms with van der Waals surface area (Å²) in [6.07, 6.45) is 6.56. The highest BCUT2D eigenvalue weighted by Crippen LogP contribution is 2.38. The molecule has 0 radical (unpaired) electrons. The lowest BCUT2D eigenvalue weighted by Crippen LogP contribution is -2.39. The molecule has 0 spiro atoms. The van der Waals surface area contributed by atoms with Gasteiger partial charge in [-0.25, -0.2) is 0 Å². The highest BCUT2D eigenvalue weighted by molar-refractivity contribution is 5.67. The monoisotopic (exact) mass is 198 g/mol. The van der Waals surface area contributed by atoms with Gasteiger partial charge in [-0.2, -0.15) is 0 Å². The molecule has 2 aliphatic rings. The summed E-state index contributed by atoms with van der Waals surface area (Å²) < 4.78 is 5.44. The van der Waals surface area contributed by atoms with Crippen LogP contribution < -0.4 is 0 Å². The maximum Gasteiger partial charge on any atom is 0.303 e. The van der Waals surface area contributed by atoms with Crippen LogP contribution >= 0.6 is 0 Å². The Labute approximate surface area is 84.4 Å². The van der Waals surface area contributed by atoms with E-state index in [1.807, 2.05) is 0 Å². The summed E-state index contributed by atoms with van der Waals surface area (Å²) in [6, 6.07) is 0. The summed E-state index contributed by atoms with van der Waals surface area (Å²) in [5.74, 6) is 0.220. The molecule has 2 atom stereocenters. The van der Waals surface area contributed by atoms with E-state index in [1.165, 1.54) is 25.7 Å². The van der Waals surface area contributed by atoms with Gasteiger partial charge in [0.2, 0.25) is 0 Å². The van der Waals surface area contributed by atoms with Crippen molar-refractivity contribution in [2.45, 2.75) is 44.6 Å². The van der Waals surface area contributed by atoms with Gasteiger partial charge in [0.05, 0.1) is 12.5 Å². The van der Waals surface area contributed by atoms with Gasteiger partial charge in [-0.15, -0.1) is 0 Å². The molecule has 0 bridgehead atoms. The normalized spacial score (nSPS) is 29.9. The van der Waals surface area contributed by atoms with Gasteiger partial charge in [0.1, 0.15) is 0 Å². The zero-order valence-corrected chi connectivity index (χ0v) is 8.45. The molecule has 0 aromatic carbocycles. The number of aliphatic carboxylic acids is 1. The lowest BCUT2D eigenvalue weighted by molar-refractivity contribution is -0.145. The summed E-state index contributed by atoms with van der Waals surface area (Å²) in [5, 5.41) is 8.86. The van der Waals surface area contributed by atoms with Crippen LogP contribution in [0.4, 0.5) is 0 Å². The molecule has 3 heteroatoms. The largest absolute Gasteiger partial charge is 0.481 e. The zero-order chi connectivity index (χ0) is 9.97. The minimum Gasteiger partial charge on any atom is -0.481 e. The van der Waals surface area contributed by atoms with Crippen molar-refractivity contribution in [2.24, 2.45) is 11.8 Å². The third-order valence-electron chi connectivity index (χ3n) is 3.63. The number of carboxylic acids is 1. The molecule has 0 aromatic rings. The first-order valence-electron chi connectivity index (χ1n) is 5.61. The summed E-state index contributed by atoms with van der Waals surface area (Å²) >= 11 is 0. The first-order valence-corrected chi connectivity index (χ1v) is 5.61. The van der Waals surface area contributed by atoms with Crippen LogP contribution in [-0.2, 0) is 9.53 Å². The molecule has 1 saturated heterocycles. The molecule has 1 heterocycles. The molecule has 2 rings (SSSR count). The minimum absolute atomic E-state index is 0.245. The van der Waals surface area contributed by atoms with E-state index in [0.717, 1.165) is 13.0 Å². The second-order valence-corrected chi connectivity index (χ2v) is 4.50. The van der Waals surface area contributed by atoms with E-state index >= 15 is 0 Å². The summed E-state index contributed by atoms with van der Waals surface area (Å²) in [4.78, 5) is 10.8. The molecular weight excluding hydrogens is 180 g/mol. The number of rotatable bonds is 4. The molecule has 0 aromatic heterocycles. The van der Waals surface area contributed by atoms with E-state index in [2.05, 4.69) is 0 Å². The fraction of sp³-hybridized carbons (Fsp3) is 0.909. The van der Waals surface area contributed by atoms with Crippen LogP contribution in [0.5, 0.6) is 0 Å². The van der Waals surface area contributed by atoms with Crippen LogP contribution in [0.2, 0.25) is 0 Å². The molecule has 2 unspecified atom stereocenters. The van der Waals surface area contributed by atoms with E-state index in [-0.39, 0.29) is 12.0 Å². The predicted molar refractivity (Wildman–Crippen MR) is 52.1 cm³/mol. The average molecular weight is 198 g/mol. The topological polar surface area (TPSA) is 46.5 Å². The quantitative estimate of drug-likeness (QED) is 0.752. The molecular formula is C11H18O3. The van der Waals surface area contributed by atoms with Crippen molar-refractivity contribution in [3.8, 4) is 0 Å². The van der Waals surface area contributed by atoms with Crippen molar-refractivity contribution in [3.63, 3.8) is 0 Å². The lowest BCUT2D eigenvalue weighted by atomic mass is 9.81. The molecule has 3 nitrogen and oxygen atoms in total. The standard InChI is InChI=1S/C11H18O3/c12-11(13)7-9(10-5-6-14-10)8-3-1-2-4-8/h8-10H,1-7H2,(H,12,13). The summed E-state index contributed by atoms with van der Waals surface area (Å²) in [7, 11) is 0. The predicted octanol–water partition coefficient (Wildman–Crippen LogP) is 2.06. The Morgan fingerprint density at radius 1 is 1.36 bits per heavy atom. The van der Waals surface area contributed by atoms with Gasteiger partial charge in [-0.3, -0.25) is 4.79 Å². The van der Waals surface area contributed by atoms with Crippen LogP contribution in [0.3, 0.4) is 0 Å². The molecule has 2 fully saturated rings. The zero-order valence-electron chi connectivity index (χ0n) is 8.45. The fourth-order valence-corrected chi connectivity index (χ4v) is 2.78. The van der Waals surface area contributed by atoms with E-state index in [1.54, 1.807) is 0 Å². The van der Waals surface area contributed by atoms with Crippen molar-refractivity contribution in [2.75, 3.05) is 6.61 Å². The van der Waals surface area contributed by atoms with Gasteiger partial charge in [-0.1, -0.05) is 25.7 Å². The first kappa shape index (κ1) is 9.97. The van der Waals surface area contributed by atoms with Crippen LogP contribution in [0.25, 0.3) is 0 Å². The van der Waals surface area contributed by atoms with Crippen LogP contribution in [0, 0.1) is 11.8 Å². The van der Waals surface area contributed by atoms with E-state index < -0.39 is 5.97 Å². The third-order valence-corrected chi connectivity index (χ3v) is 3.63. The van der Waals surface area contributed by atoms with Crippen LogP contribution in [0.1, 0.15) is 38.5 Å². The second kappa shape index (κ2) is 4.30. The number of carbonyl (C=O) groups is 1. The van der Waals surface area contributed by atoms with Gasteiger partial charge >= 0.3 is 5.97 Å². The molecule has 14 heavy (non-hydrogen) atoms. The maximum absolute atomic E-state index is 10.8. The van der Waals surface area contributed by atoms with Crippen molar-refractivity contribution in [1.29, 1.82) is 0 Å². The van der Waals surface area contributed by atoms with Crippen LogP contribution in [0.15, 0.2) is 0 Å². The lowest BCUT2D eigenvalue weighted by Gasteiger charge is -2.36. The van der Waals surface area contributed by atoms with Crippen LogP contribution in [-0.4, -0.2) is 23.8 Å². The Morgan fingerprint density at radius 2 is 2.00 bits per heavy atom. The Bertz CT molecular complexity index is 205. The van der Waals surface area contributed by atoms with Gasteiger partial charge in [-0.05, 0) is 18.3 Å². The van der Waals surface area contributed by atoms with E-state index in [9.17, 15) is 4.79 Å². The van der Waals surface area contributed by atoms with Gasteiger partial charge < -0.3 is 9.84 Å². The molecule has 80 valence electrons. The number of hydrogen-bond donors (Lipinski definition) is 1. The van der Waals surface area contributed by atoms with Gasteiger partial charge in [0, 0.05) is 6.61 Å². The van der Waals surface area contributed by atoms with Crippen molar-refractivity contribution in [3.05, 3.63) is 0 Å². The van der Waals surface area contributed by atoms with Crippen molar-refractivity contribution < 1.29 is 14.6 Å². The highest BCUT2D eigenvalue weighted by atomic mass is 16.5. The third kappa shape index (κ3) is 2.08. The molecule has 1 N–H and O–H groups in total. The Kier molecular flexibility index (Phi) is 3.06. The Balaban J connectivity index is 1.93. The van der Waals surface area contributed by atoms with E-state index in [4.69, 9.17) is 9.84 Å². The van der Waals surface area contributed by atoms with Crippen molar-refractivity contribution in [1.82, 2.24) is 0 Å². The fourth-order valence-electron chi connectivity index (χ4n) is 2.78. The maximum atomic E-state index is 10.8. The summed E-state index contributed by atoms with van der Waals surface area (Å²) in [6.45, 7) is 0.827. The highest BCUT2D eigenvalue weighted by Gasteiger charge is 2.36. The van der Waals surface area contributed by atoms with E-state index in [0.29, 0.717) is 12.3 Å². The smallest absolute Gasteiger partial charge is 0.303 e. The molecule has 1 saturated carbocycles. The van der Waals surface area contributed by atoms with Gasteiger partial charge in [0.25, 0.3) is 0 Å².